The highest BCUT2D eigenvalue weighted by Crippen LogP contribution is 2.26. The van der Waals surface area contributed by atoms with Crippen molar-refractivity contribution in [3.63, 3.8) is 0 Å². The quantitative estimate of drug-likeness (QED) is 0.806. The molecule has 4 nitrogen and oxygen atoms in total. The van der Waals surface area contributed by atoms with E-state index in [9.17, 15) is 9.59 Å². The van der Waals surface area contributed by atoms with Gasteiger partial charge in [-0.3, -0.25) is 9.59 Å². The molecule has 0 bridgehead atoms. The van der Waals surface area contributed by atoms with Gasteiger partial charge in [0, 0.05) is 16.5 Å². The van der Waals surface area contributed by atoms with Crippen molar-refractivity contribution >= 4 is 50.2 Å². The van der Waals surface area contributed by atoms with Gasteiger partial charge in [-0.1, -0.05) is 58.0 Å². The Balaban J connectivity index is 1.68. The van der Waals surface area contributed by atoms with Gasteiger partial charge in [0.15, 0.2) is 11.0 Å². The number of carbonyl (C=O) groups excluding carboxylic acids is 2. The molecular weight excluding hydrogens is 376 g/mol. The molecule has 23 heavy (non-hydrogen) atoms. The van der Waals surface area contributed by atoms with E-state index in [0.717, 1.165) is 10.2 Å². The smallest absolute Gasteiger partial charge is 0.240 e. The van der Waals surface area contributed by atoms with E-state index < -0.39 is 5.25 Å². The van der Waals surface area contributed by atoms with Crippen LogP contribution in [0, 0.1) is 0 Å². The number of benzene rings is 2. The lowest BCUT2D eigenvalue weighted by molar-refractivity contribution is -0.118. The number of amides is 1. The molecule has 0 aromatic heterocycles. The Kier molecular flexibility index (Phi) is 4.93. The molecule has 0 radical (unpaired) electrons. The van der Waals surface area contributed by atoms with Crippen LogP contribution in [-0.4, -0.2) is 22.1 Å². The lowest BCUT2D eigenvalue weighted by Gasteiger charge is -2.04. The van der Waals surface area contributed by atoms with E-state index in [-0.39, 0.29) is 18.1 Å². The molecule has 1 saturated heterocycles. The molecule has 1 heterocycles. The van der Waals surface area contributed by atoms with Gasteiger partial charge in [-0.05, 0) is 24.3 Å². The predicted octanol–water partition coefficient (Wildman–Crippen LogP) is 3.94. The van der Waals surface area contributed by atoms with E-state index in [4.69, 9.17) is 0 Å². The molecular formula is C17H13BrN2O2S. The first-order valence-electron chi connectivity index (χ1n) is 7.02. The average Bonchev–Trinajstić information content (AvgIpc) is 2.90. The molecule has 0 saturated carbocycles. The topological polar surface area (TPSA) is 58.5 Å². The van der Waals surface area contributed by atoms with Gasteiger partial charge in [0.2, 0.25) is 5.91 Å². The number of aliphatic imine (C=N–C) groups is 1. The summed E-state index contributed by atoms with van der Waals surface area (Å²) in [5.41, 5.74) is 1.38. The molecule has 2 aromatic carbocycles. The minimum Gasteiger partial charge on any atom is -0.304 e. The summed E-state index contributed by atoms with van der Waals surface area (Å²) in [6, 6.07) is 16.5. The van der Waals surface area contributed by atoms with Gasteiger partial charge in [-0.25, -0.2) is 4.99 Å². The zero-order valence-corrected chi connectivity index (χ0v) is 14.4. The maximum absolute atomic E-state index is 12.2. The first-order valence-corrected chi connectivity index (χ1v) is 8.69. The number of carbonyl (C=O) groups is 2. The van der Waals surface area contributed by atoms with Crippen molar-refractivity contribution < 1.29 is 9.59 Å². The van der Waals surface area contributed by atoms with Crippen LogP contribution in [0.15, 0.2) is 64.1 Å². The molecule has 2 aromatic rings. The number of nitrogens with zero attached hydrogens (tertiary/aromatic N) is 1. The van der Waals surface area contributed by atoms with Crippen LogP contribution < -0.4 is 5.32 Å². The number of ketones is 1. The van der Waals surface area contributed by atoms with Gasteiger partial charge < -0.3 is 5.32 Å². The van der Waals surface area contributed by atoms with Crippen molar-refractivity contribution in [2.45, 2.75) is 11.7 Å². The Bertz CT molecular complexity index is 760. The number of hydrogen-bond acceptors (Lipinski definition) is 4. The summed E-state index contributed by atoms with van der Waals surface area (Å²) in [5.74, 6) is -0.210. The fourth-order valence-corrected chi connectivity index (χ4v) is 3.39. The van der Waals surface area contributed by atoms with Crippen LogP contribution in [0.25, 0.3) is 0 Å². The molecule has 0 aliphatic carbocycles. The summed E-state index contributed by atoms with van der Waals surface area (Å²) in [6.45, 7) is 0. The van der Waals surface area contributed by atoms with Crippen LogP contribution in [0.3, 0.4) is 0 Å². The molecule has 116 valence electrons. The minimum atomic E-state index is -0.433. The number of thioether (sulfide) groups is 1. The molecule has 1 atom stereocenters. The van der Waals surface area contributed by atoms with Crippen molar-refractivity contribution in [1.82, 2.24) is 5.32 Å². The monoisotopic (exact) mass is 388 g/mol. The van der Waals surface area contributed by atoms with E-state index in [0.29, 0.717) is 10.7 Å². The number of hydrogen-bond donors (Lipinski definition) is 1. The molecule has 6 heteroatoms. The molecule has 1 N–H and O–H groups in total. The van der Waals surface area contributed by atoms with Crippen LogP contribution in [0.1, 0.15) is 16.8 Å². The highest BCUT2D eigenvalue weighted by molar-refractivity contribution is 9.10. The third kappa shape index (κ3) is 4.09. The minimum absolute atomic E-state index is 0.0388. The summed E-state index contributed by atoms with van der Waals surface area (Å²) < 4.78 is 0.968. The molecule has 1 amide bonds. The molecule has 1 fully saturated rings. The highest BCUT2D eigenvalue weighted by atomic mass is 79.9. The third-order valence-electron chi connectivity index (χ3n) is 3.30. The SMILES string of the molecule is O=C(CC1SC(=Nc2ccc(Br)cc2)NC1=O)c1ccccc1. The summed E-state index contributed by atoms with van der Waals surface area (Å²) >= 11 is 4.66. The maximum Gasteiger partial charge on any atom is 0.240 e. The number of rotatable bonds is 4. The van der Waals surface area contributed by atoms with Crippen LogP contribution in [0.2, 0.25) is 0 Å². The predicted molar refractivity (Wildman–Crippen MR) is 96.1 cm³/mol. The Morgan fingerprint density at radius 1 is 1.13 bits per heavy atom. The number of nitrogens with one attached hydrogen (secondary N) is 1. The normalized spacial score (nSPS) is 18.9. The number of Topliss-reactive ketones (excluding diaryl/α,β-unsaturated/α-hetero) is 1. The Morgan fingerprint density at radius 3 is 2.52 bits per heavy atom. The van der Waals surface area contributed by atoms with Gasteiger partial charge in [-0.2, -0.15) is 0 Å². The van der Waals surface area contributed by atoms with Crippen LogP contribution in [0.4, 0.5) is 5.69 Å². The summed E-state index contributed by atoms with van der Waals surface area (Å²) in [7, 11) is 0. The van der Waals surface area contributed by atoms with Gasteiger partial charge in [-0.15, -0.1) is 0 Å². The van der Waals surface area contributed by atoms with Crippen LogP contribution >= 0.6 is 27.7 Å². The van der Waals surface area contributed by atoms with E-state index in [1.54, 1.807) is 12.1 Å². The highest BCUT2D eigenvalue weighted by Gasteiger charge is 2.32. The van der Waals surface area contributed by atoms with Gasteiger partial charge in [0.25, 0.3) is 0 Å². The van der Waals surface area contributed by atoms with E-state index in [1.165, 1.54) is 11.8 Å². The third-order valence-corrected chi connectivity index (χ3v) is 4.91. The van der Waals surface area contributed by atoms with E-state index >= 15 is 0 Å². The number of amidine groups is 1. The van der Waals surface area contributed by atoms with Crippen LogP contribution in [0.5, 0.6) is 0 Å². The lowest BCUT2D eigenvalue weighted by Crippen LogP contribution is -2.26. The second kappa shape index (κ2) is 7.10. The molecule has 1 aliphatic rings. The Hall–Kier alpha value is -1.92. The summed E-state index contributed by atoms with van der Waals surface area (Å²) in [5, 5.41) is 2.83. The Morgan fingerprint density at radius 2 is 1.83 bits per heavy atom. The van der Waals surface area contributed by atoms with Crippen molar-refractivity contribution in [2.24, 2.45) is 4.99 Å². The Labute approximate surface area is 146 Å². The lowest BCUT2D eigenvalue weighted by atomic mass is 10.1. The standard InChI is InChI=1S/C17H13BrN2O2S/c18-12-6-8-13(9-7-12)19-17-20-16(22)15(23-17)10-14(21)11-4-2-1-3-5-11/h1-9,15H,10H2,(H,19,20,22). The molecule has 0 spiro atoms. The fraction of sp³-hybridized carbons (Fsp3) is 0.118. The van der Waals surface area contributed by atoms with Crippen molar-refractivity contribution in [3.8, 4) is 0 Å². The molecule has 3 rings (SSSR count). The number of halogens is 1. The van der Waals surface area contributed by atoms with Crippen molar-refractivity contribution in [3.05, 3.63) is 64.6 Å². The van der Waals surface area contributed by atoms with E-state index in [1.807, 2.05) is 42.5 Å². The second-order valence-corrected chi connectivity index (χ2v) is 7.09. The van der Waals surface area contributed by atoms with Gasteiger partial charge in [0.05, 0.1) is 10.9 Å². The zero-order chi connectivity index (χ0) is 16.2. The average molecular weight is 389 g/mol. The first-order chi connectivity index (χ1) is 11.1. The zero-order valence-electron chi connectivity index (χ0n) is 12.0. The van der Waals surface area contributed by atoms with E-state index in [2.05, 4.69) is 26.2 Å². The maximum atomic E-state index is 12.2. The summed E-state index contributed by atoms with van der Waals surface area (Å²) in [6.07, 6.45) is 0.167. The van der Waals surface area contributed by atoms with Gasteiger partial charge in [0.1, 0.15) is 0 Å². The van der Waals surface area contributed by atoms with Crippen molar-refractivity contribution in [1.29, 1.82) is 0 Å². The molecule has 1 unspecified atom stereocenters. The van der Waals surface area contributed by atoms with Gasteiger partial charge >= 0.3 is 0 Å². The summed E-state index contributed by atoms with van der Waals surface area (Å²) in [4.78, 5) is 28.6. The largest absolute Gasteiger partial charge is 0.304 e. The second-order valence-electron chi connectivity index (χ2n) is 4.98. The van der Waals surface area contributed by atoms with Crippen molar-refractivity contribution in [2.75, 3.05) is 0 Å². The molecule has 1 aliphatic heterocycles. The first kappa shape index (κ1) is 16.0. The fourth-order valence-electron chi connectivity index (χ4n) is 2.14. The van der Waals surface area contributed by atoms with Crippen LogP contribution in [-0.2, 0) is 4.79 Å².